The van der Waals surface area contributed by atoms with Crippen LogP contribution in [-0.2, 0) is 18.4 Å². The van der Waals surface area contributed by atoms with Gasteiger partial charge in [-0.15, -0.1) is 0 Å². The van der Waals surface area contributed by atoms with Crippen molar-refractivity contribution in [3.63, 3.8) is 0 Å². The van der Waals surface area contributed by atoms with Crippen LogP contribution < -0.4 is 0 Å². The van der Waals surface area contributed by atoms with Gasteiger partial charge in [-0.2, -0.15) is 0 Å². The molecule has 0 heterocycles. The molecule has 3 rings (SSSR count). The second-order valence-electron chi connectivity index (χ2n) is 4.49. The van der Waals surface area contributed by atoms with Gasteiger partial charge in [0.25, 0.3) is 0 Å². The molecule has 0 unspecified atom stereocenters. The topological polar surface area (TPSA) is 20.2 Å². The van der Waals surface area contributed by atoms with Crippen LogP contribution in [0.4, 0.5) is 4.39 Å². The molecule has 74 valence electrons. The van der Waals surface area contributed by atoms with Crippen LogP contribution in [0.2, 0.25) is 0 Å². The summed E-state index contributed by atoms with van der Waals surface area (Å²) in [7, 11) is 0. The van der Waals surface area contributed by atoms with E-state index in [9.17, 15) is 9.50 Å². The first-order chi connectivity index (χ1) is 6.69. The van der Waals surface area contributed by atoms with E-state index in [0.29, 0.717) is 18.4 Å². The number of benzene rings is 1. The molecule has 1 N–H and O–H groups in total. The number of hydrogen-bond donors (Lipinski definition) is 1. The predicted molar refractivity (Wildman–Crippen MR) is 51.6 cm³/mol. The molecule has 1 fully saturated rings. The van der Waals surface area contributed by atoms with Gasteiger partial charge < -0.3 is 5.11 Å². The fraction of sp³-hybridized carbons (Fsp3) is 0.500. The van der Waals surface area contributed by atoms with Crippen molar-refractivity contribution in [3.05, 3.63) is 34.6 Å². The Morgan fingerprint density at radius 3 is 2.43 bits per heavy atom. The highest BCUT2D eigenvalue weighted by molar-refractivity contribution is 5.40. The lowest BCUT2D eigenvalue weighted by molar-refractivity contribution is 0.146. The zero-order valence-electron chi connectivity index (χ0n) is 8.02. The molecule has 0 amide bonds. The summed E-state index contributed by atoms with van der Waals surface area (Å²) < 4.78 is 13.6. The van der Waals surface area contributed by atoms with Crippen molar-refractivity contribution in [1.82, 2.24) is 0 Å². The van der Waals surface area contributed by atoms with E-state index in [1.807, 2.05) is 6.07 Å². The minimum absolute atomic E-state index is 0.217. The van der Waals surface area contributed by atoms with Gasteiger partial charge in [0, 0.05) is 5.56 Å². The molecule has 14 heavy (non-hydrogen) atoms. The molecule has 1 aromatic rings. The van der Waals surface area contributed by atoms with Gasteiger partial charge in [-0.25, -0.2) is 4.39 Å². The summed E-state index contributed by atoms with van der Waals surface area (Å²) in [5.41, 5.74) is 2.07. The first-order valence-electron chi connectivity index (χ1n) is 5.23. The molecule has 1 saturated carbocycles. The van der Waals surface area contributed by atoms with Crippen molar-refractivity contribution < 1.29 is 9.50 Å². The highest BCUT2D eigenvalue weighted by atomic mass is 19.1. The van der Waals surface area contributed by atoms with Crippen molar-refractivity contribution in [2.45, 2.75) is 37.7 Å². The zero-order valence-corrected chi connectivity index (χ0v) is 8.02. The lowest BCUT2D eigenvalue weighted by Crippen LogP contribution is -2.08. The Bertz CT molecular complexity index is 394. The first kappa shape index (κ1) is 8.42. The Balaban J connectivity index is 2.13. The van der Waals surface area contributed by atoms with Crippen molar-refractivity contribution >= 4 is 0 Å². The van der Waals surface area contributed by atoms with E-state index in [2.05, 4.69) is 0 Å². The van der Waals surface area contributed by atoms with Crippen molar-refractivity contribution in [1.29, 1.82) is 0 Å². The van der Waals surface area contributed by atoms with Crippen LogP contribution in [0, 0.1) is 5.82 Å². The third-order valence-electron chi connectivity index (χ3n) is 3.41. The number of aliphatic hydroxyl groups is 1. The van der Waals surface area contributed by atoms with Crippen molar-refractivity contribution in [2.75, 3.05) is 0 Å². The number of rotatable bonds is 1. The largest absolute Gasteiger partial charge is 0.385 e. The van der Waals surface area contributed by atoms with Crippen LogP contribution in [0.1, 0.15) is 36.0 Å². The SMILES string of the molecule is OC1(c2cc3c(cc2F)CCC3)CC1. The highest BCUT2D eigenvalue weighted by Gasteiger charge is 2.44. The van der Waals surface area contributed by atoms with Gasteiger partial charge in [0.15, 0.2) is 0 Å². The quantitative estimate of drug-likeness (QED) is 0.723. The van der Waals surface area contributed by atoms with Crippen LogP contribution in [0.15, 0.2) is 12.1 Å². The summed E-state index contributed by atoms with van der Waals surface area (Å²) >= 11 is 0. The summed E-state index contributed by atoms with van der Waals surface area (Å²) in [4.78, 5) is 0. The van der Waals surface area contributed by atoms with E-state index in [1.54, 1.807) is 6.07 Å². The predicted octanol–water partition coefficient (Wildman–Crippen LogP) is 2.30. The van der Waals surface area contributed by atoms with E-state index in [0.717, 1.165) is 24.8 Å². The van der Waals surface area contributed by atoms with Gasteiger partial charge in [-0.05, 0) is 55.4 Å². The molecule has 0 bridgehead atoms. The van der Waals surface area contributed by atoms with Crippen LogP contribution in [0.5, 0.6) is 0 Å². The number of aryl methyl sites for hydroxylation is 2. The Kier molecular flexibility index (Phi) is 1.55. The molecule has 2 aliphatic carbocycles. The fourth-order valence-electron chi connectivity index (χ4n) is 2.34. The maximum atomic E-state index is 13.6. The van der Waals surface area contributed by atoms with E-state index < -0.39 is 5.60 Å². The minimum Gasteiger partial charge on any atom is -0.385 e. The van der Waals surface area contributed by atoms with E-state index in [1.165, 1.54) is 5.56 Å². The van der Waals surface area contributed by atoms with Gasteiger partial charge in [-0.3, -0.25) is 0 Å². The third kappa shape index (κ3) is 1.10. The smallest absolute Gasteiger partial charge is 0.129 e. The highest BCUT2D eigenvalue weighted by Crippen LogP contribution is 2.47. The van der Waals surface area contributed by atoms with E-state index >= 15 is 0 Å². The van der Waals surface area contributed by atoms with Crippen LogP contribution in [0.3, 0.4) is 0 Å². The van der Waals surface area contributed by atoms with Crippen LogP contribution >= 0.6 is 0 Å². The number of halogens is 1. The third-order valence-corrected chi connectivity index (χ3v) is 3.41. The summed E-state index contributed by atoms with van der Waals surface area (Å²) in [5, 5.41) is 9.87. The summed E-state index contributed by atoms with van der Waals surface area (Å²) in [6.07, 6.45) is 4.58. The standard InChI is InChI=1S/C12H13FO/c13-11-7-9-3-1-2-8(9)6-10(11)12(14)4-5-12/h6-7,14H,1-5H2. The second kappa shape index (κ2) is 2.57. The summed E-state index contributed by atoms with van der Waals surface area (Å²) in [6.45, 7) is 0. The van der Waals surface area contributed by atoms with Gasteiger partial charge in [0.1, 0.15) is 5.82 Å². The molecule has 0 aromatic heterocycles. The van der Waals surface area contributed by atoms with Gasteiger partial charge in [0.05, 0.1) is 5.60 Å². The molecule has 0 aliphatic heterocycles. The molecular weight excluding hydrogens is 179 g/mol. The van der Waals surface area contributed by atoms with Gasteiger partial charge in [-0.1, -0.05) is 0 Å². The first-order valence-corrected chi connectivity index (χ1v) is 5.23. The van der Waals surface area contributed by atoms with Crippen LogP contribution in [-0.4, -0.2) is 5.11 Å². The Labute approximate surface area is 82.6 Å². The van der Waals surface area contributed by atoms with Crippen molar-refractivity contribution in [3.8, 4) is 0 Å². The molecule has 1 aromatic carbocycles. The lowest BCUT2D eigenvalue weighted by atomic mass is 10.0. The molecule has 1 nitrogen and oxygen atoms in total. The zero-order chi connectivity index (χ0) is 9.76. The van der Waals surface area contributed by atoms with E-state index in [4.69, 9.17) is 0 Å². The molecule has 0 atom stereocenters. The summed E-state index contributed by atoms with van der Waals surface area (Å²) in [6, 6.07) is 3.50. The Morgan fingerprint density at radius 2 is 1.79 bits per heavy atom. The Hall–Kier alpha value is -0.890. The maximum Gasteiger partial charge on any atom is 0.129 e. The van der Waals surface area contributed by atoms with E-state index in [-0.39, 0.29) is 5.82 Å². The number of hydrogen-bond acceptors (Lipinski definition) is 1. The monoisotopic (exact) mass is 192 g/mol. The lowest BCUT2D eigenvalue weighted by Gasteiger charge is -2.11. The normalized spacial score (nSPS) is 22.1. The summed E-state index contributed by atoms with van der Waals surface area (Å²) in [5.74, 6) is -0.217. The fourth-order valence-corrected chi connectivity index (χ4v) is 2.34. The van der Waals surface area contributed by atoms with Crippen LogP contribution in [0.25, 0.3) is 0 Å². The molecule has 0 radical (unpaired) electrons. The minimum atomic E-state index is -0.832. The average Bonchev–Trinajstić information content (AvgIpc) is 2.75. The van der Waals surface area contributed by atoms with Gasteiger partial charge >= 0.3 is 0 Å². The molecule has 2 heteroatoms. The molecule has 0 spiro atoms. The van der Waals surface area contributed by atoms with Gasteiger partial charge in [0.2, 0.25) is 0 Å². The Morgan fingerprint density at radius 1 is 1.14 bits per heavy atom. The average molecular weight is 192 g/mol. The molecule has 0 saturated heterocycles. The second-order valence-corrected chi connectivity index (χ2v) is 4.49. The molecule has 2 aliphatic rings. The van der Waals surface area contributed by atoms with Crippen molar-refractivity contribution in [2.24, 2.45) is 0 Å². The number of fused-ring (bicyclic) bond motifs is 1. The molecular formula is C12H13FO. The maximum absolute atomic E-state index is 13.6.